The third-order valence-corrected chi connectivity index (χ3v) is 5.12. The molecule has 0 spiro atoms. The van der Waals surface area contributed by atoms with E-state index in [0.29, 0.717) is 36.8 Å². The van der Waals surface area contributed by atoms with E-state index < -0.39 is 0 Å². The van der Waals surface area contributed by atoms with Crippen molar-refractivity contribution in [3.8, 4) is 0 Å². The first kappa shape index (κ1) is 19.3. The number of aryl methyl sites for hydroxylation is 1. The molecule has 2 atom stereocenters. The van der Waals surface area contributed by atoms with Crippen LogP contribution < -0.4 is 0 Å². The smallest absolute Gasteiger partial charge is 0.227 e. The van der Waals surface area contributed by atoms with Crippen molar-refractivity contribution >= 4 is 5.91 Å². The van der Waals surface area contributed by atoms with Crippen molar-refractivity contribution in [3.05, 3.63) is 83.2 Å². The van der Waals surface area contributed by atoms with Crippen LogP contribution in [0.2, 0.25) is 0 Å². The molecular weight excluding hydrogens is 371 g/mol. The lowest BCUT2D eigenvalue weighted by molar-refractivity contribution is -0.132. The van der Waals surface area contributed by atoms with Crippen molar-refractivity contribution in [3.63, 3.8) is 0 Å². The van der Waals surface area contributed by atoms with Gasteiger partial charge in [-0.1, -0.05) is 48.5 Å². The Morgan fingerprint density at radius 1 is 1.21 bits per heavy atom. The molecule has 0 aliphatic carbocycles. The Balaban J connectivity index is 1.49. The van der Waals surface area contributed by atoms with Crippen LogP contribution in [0.1, 0.15) is 35.2 Å². The third-order valence-electron chi connectivity index (χ3n) is 5.12. The minimum Gasteiger partial charge on any atom is -0.372 e. The summed E-state index contributed by atoms with van der Waals surface area (Å²) in [4.78, 5) is 19.1. The number of nitrogens with one attached hydrogen (secondary N) is 1. The van der Waals surface area contributed by atoms with Crippen molar-refractivity contribution in [2.75, 3.05) is 6.54 Å². The summed E-state index contributed by atoms with van der Waals surface area (Å²) < 4.78 is 20.1. The van der Waals surface area contributed by atoms with Gasteiger partial charge >= 0.3 is 0 Å². The fourth-order valence-corrected chi connectivity index (χ4v) is 3.64. The Morgan fingerprint density at radius 2 is 1.97 bits per heavy atom. The van der Waals surface area contributed by atoms with Crippen molar-refractivity contribution in [1.29, 1.82) is 0 Å². The molecule has 2 heterocycles. The van der Waals surface area contributed by atoms with Crippen LogP contribution in [-0.4, -0.2) is 38.6 Å². The van der Waals surface area contributed by atoms with Crippen molar-refractivity contribution in [2.45, 2.75) is 38.5 Å². The predicted octanol–water partition coefficient (Wildman–Crippen LogP) is 3.35. The van der Waals surface area contributed by atoms with Gasteiger partial charge in [0.2, 0.25) is 5.91 Å². The van der Waals surface area contributed by atoms with Crippen LogP contribution in [0.25, 0.3) is 0 Å². The summed E-state index contributed by atoms with van der Waals surface area (Å²) in [5, 5.41) is 7.08. The minimum atomic E-state index is -0.373. The van der Waals surface area contributed by atoms with Gasteiger partial charge in [0.25, 0.3) is 0 Å². The van der Waals surface area contributed by atoms with Gasteiger partial charge < -0.3 is 9.64 Å². The number of aromatic nitrogens is 3. The first-order chi connectivity index (χ1) is 14.1. The number of likely N-dealkylation sites (tertiary alicyclic amines) is 1. The van der Waals surface area contributed by atoms with Crippen LogP contribution in [-0.2, 0) is 22.6 Å². The number of halogens is 1. The average Bonchev–Trinajstić information content (AvgIpc) is 3.35. The topological polar surface area (TPSA) is 71.1 Å². The number of carbonyl (C=O) groups excluding carboxylic acids is 1. The lowest BCUT2D eigenvalue weighted by Crippen LogP contribution is -2.34. The molecule has 29 heavy (non-hydrogen) atoms. The summed E-state index contributed by atoms with van der Waals surface area (Å²) in [5.41, 5.74) is 1.46. The van der Waals surface area contributed by atoms with Gasteiger partial charge in [0.1, 0.15) is 11.6 Å². The van der Waals surface area contributed by atoms with E-state index in [9.17, 15) is 9.18 Å². The molecule has 1 saturated heterocycles. The number of aromatic amines is 1. The number of ether oxygens (including phenoxy) is 1. The van der Waals surface area contributed by atoms with Crippen LogP contribution in [0.5, 0.6) is 0 Å². The van der Waals surface area contributed by atoms with Crippen molar-refractivity contribution < 1.29 is 13.9 Å². The number of nitrogens with zero attached hydrogens (tertiary/aromatic N) is 3. The standard InChI is InChI=1S/C22H23FN4O2/c1-15-24-22(26-25-15)20-12-18(29-14-16-7-3-2-4-8-16)13-27(20)21(28)11-17-9-5-6-10-19(17)23/h2-10,18,20H,11-14H2,1H3,(H,24,25,26)/t18-,20-/m0/s1. The summed E-state index contributed by atoms with van der Waals surface area (Å²) in [6, 6.07) is 16.0. The first-order valence-electron chi connectivity index (χ1n) is 9.67. The molecule has 4 rings (SSSR count). The molecule has 6 nitrogen and oxygen atoms in total. The minimum absolute atomic E-state index is 0.00200. The van der Waals surface area contributed by atoms with Crippen LogP contribution in [0.3, 0.4) is 0 Å². The Labute approximate surface area is 168 Å². The van der Waals surface area contributed by atoms with Gasteiger partial charge in [-0.15, -0.1) is 0 Å². The Morgan fingerprint density at radius 3 is 2.69 bits per heavy atom. The number of hydrogen-bond donors (Lipinski definition) is 1. The normalized spacial score (nSPS) is 18.9. The van der Waals surface area contributed by atoms with Gasteiger partial charge in [0, 0.05) is 13.0 Å². The molecule has 0 bridgehead atoms. The van der Waals surface area contributed by atoms with Gasteiger partial charge in [-0.25, -0.2) is 9.37 Å². The molecule has 1 fully saturated rings. The quantitative estimate of drug-likeness (QED) is 0.696. The lowest BCUT2D eigenvalue weighted by Gasteiger charge is -2.22. The molecular formula is C22H23FN4O2. The van der Waals surface area contributed by atoms with E-state index in [1.54, 1.807) is 23.1 Å². The molecule has 0 unspecified atom stereocenters. The number of amides is 1. The molecule has 1 aliphatic rings. The average molecular weight is 394 g/mol. The van der Waals surface area contributed by atoms with Gasteiger partial charge in [-0.05, 0) is 24.1 Å². The van der Waals surface area contributed by atoms with Crippen molar-refractivity contribution in [2.24, 2.45) is 0 Å². The van der Waals surface area contributed by atoms with E-state index >= 15 is 0 Å². The molecule has 1 aromatic heterocycles. The summed E-state index contributed by atoms with van der Waals surface area (Å²) >= 11 is 0. The molecule has 7 heteroatoms. The fraction of sp³-hybridized carbons (Fsp3) is 0.318. The zero-order valence-corrected chi connectivity index (χ0v) is 16.2. The van der Waals surface area contributed by atoms with E-state index in [4.69, 9.17) is 4.74 Å². The maximum atomic E-state index is 14.0. The van der Waals surface area contributed by atoms with E-state index in [0.717, 1.165) is 5.56 Å². The highest BCUT2D eigenvalue weighted by molar-refractivity contribution is 5.79. The summed E-state index contributed by atoms with van der Waals surface area (Å²) in [5.74, 6) is 0.723. The van der Waals surface area contributed by atoms with E-state index in [1.807, 2.05) is 37.3 Å². The highest BCUT2D eigenvalue weighted by Gasteiger charge is 2.39. The van der Waals surface area contributed by atoms with E-state index in [1.165, 1.54) is 6.07 Å². The highest BCUT2D eigenvalue weighted by atomic mass is 19.1. The highest BCUT2D eigenvalue weighted by Crippen LogP contribution is 2.33. The molecule has 1 aliphatic heterocycles. The molecule has 150 valence electrons. The first-order valence-corrected chi connectivity index (χ1v) is 9.67. The van der Waals surface area contributed by atoms with Crippen molar-refractivity contribution in [1.82, 2.24) is 20.1 Å². The number of carbonyl (C=O) groups is 1. The molecule has 2 aromatic carbocycles. The largest absolute Gasteiger partial charge is 0.372 e. The van der Waals surface area contributed by atoms with Crippen LogP contribution in [0.4, 0.5) is 4.39 Å². The fourth-order valence-electron chi connectivity index (χ4n) is 3.64. The molecule has 0 saturated carbocycles. The third kappa shape index (κ3) is 4.51. The van der Waals surface area contributed by atoms with E-state index in [-0.39, 0.29) is 30.3 Å². The Kier molecular flexibility index (Phi) is 5.67. The summed E-state index contributed by atoms with van der Waals surface area (Å²) in [6.45, 7) is 2.72. The zero-order valence-electron chi connectivity index (χ0n) is 16.2. The van der Waals surface area contributed by atoms with Crippen LogP contribution >= 0.6 is 0 Å². The molecule has 0 radical (unpaired) electrons. The summed E-state index contributed by atoms with van der Waals surface area (Å²) in [6.07, 6.45) is 0.467. The van der Waals surface area contributed by atoms with Crippen LogP contribution in [0, 0.1) is 12.7 Å². The van der Waals surface area contributed by atoms with E-state index in [2.05, 4.69) is 15.2 Å². The number of benzene rings is 2. The lowest BCUT2D eigenvalue weighted by atomic mass is 10.1. The zero-order chi connectivity index (χ0) is 20.2. The van der Waals surface area contributed by atoms with Crippen LogP contribution in [0.15, 0.2) is 54.6 Å². The maximum Gasteiger partial charge on any atom is 0.227 e. The SMILES string of the molecule is Cc1nc([C@@H]2C[C@H](OCc3ccccc3)CN2C(=O)Cc2ccccc2F)n[nH]1. The predicted molar refractivity (Wildman–Crippen MR) is 105 cm³/mol. The van der Waals surface area contributed by atoms with Gasteiger partial charge in [-0.3, -0.25) is 9.89 Å². The molecule has 3 aromatic rings. The summed E-state index contributed by atoms with van der Waals surface area (Å²) in [7, 11) is 0. The van der Waals surface area contributed by atoms with Gasteiger partial charge in [0.15, 0.2) is 5.82 Å². The second-order valence-corrected chi connectivity index (χ2v) is 7.26. The number of H-pyrrole nitrogens is 1. The molecule has 1 N–H and O–H groups in total. The Bertz CT molecular complexity index is 976. The second-order valence-electron chi connectivity index (χ2n) is 7.26. The molecule has 1 amide bonds. The Hall–Kier alpha value is -3.06. The monoisotopic (exact) mass is 394 g/mol. The second kappa shape index (κ2) is 8.53. The van der Waals surface area contributed by atoms with Gasteiger partial charge in [0.05, 0.1) is 25.2 Å². The maximum absolute atomic E-state index is 14.0. The van der Waals surface area contributed by atoms with Gasteiger partial charge in [-0.2, -0.15) is 5.10 Å². The number of rotatable bonds is 6. The number of hydrogen-bond acceptors (Lipinski definition) is 4.